The van der Waals surface area contributed by atoms with Crippen LogP contribution in [0.1, 0.15) is 27.3 Å². The van der Waals surface area contributed by atoms with Crippen LogP contribution < -0.4 is 4.74 Å². The zero-order chi connectivity index (χ0) is 18.5. The van der Waals surface area contributed by atoms with Crippen LogP contribution in [-0.4, -0.2) is 59.9 Å². The topological polar surface area (TPSA) is 62.7 Å². The van der Waals surface area contributed by atoms with Gasteiger partial charge in [0.05, 0.1) is 12.7 Å². The normalized spacial score (nSPS) is 14.7. The molecule has 6 nitrogen and oxygen atoms in total. The second-order valence-electron chi connectivity index (χ2n) is 6.00. The minimum absolute atomic E-state index is 0.111. The zero-order valence-corrected chi connectivity index (χ0v) is 15.3. The fourth-order valence-corrected chi connectivity index (χ4v) is 3.16. The van der Waals surface area contributed by atoms with Crippen molar-refractivity contribution in [2.24, 2.45) is 0 Å². The lowest BCUT2D eigenvalue weighted by Gasteiger charge is -2.23. The highest BCUT2D eigenvalue weighted by Gasteiger charge is 2.25. The molecule has 136 valence electrons. The molecule has 1 aromatic carbocycles. The Morgan fingerprint density at radius 3 is 2.42 bits per heavy atom. The lowest BCUT2D eigenvalue weighted by atomic mass is 10.1. The van der Waals surface area contributed by atoms with Gasteiger partial charge < -0.3 is 14.5 Å². The highest BCUT2D eigenvalue weighted by Crippen LogP contribution is 2.24. The molecule has 0 saturated carbocycles. The number of benzene rings is 1. The molecule has 0 radical (unpaired) electrons. The number of aromatic nitrogens is 1. The summed E-state index contributed by atoms with van der Waals surface area (Å²) in [6.07, 6.45) is 2.31. The molecule has 0 N–H and O–H groups in total. The van der Waals surface area contributed by atoms with Crippen LogP contribution in [-0.2, 0) is 0 Å². The van der Waals surface area contributed by atoms with E-state index in [9.17, 15) is 9.59 Å². The number of carbonyl (C=O) groups is 2. The van der Waals surface area contributed by atoms with Gasteiger partial charge in [-0.25, -0.2) is 0 Å². The van der Waals surface area contributed by atoms with Crippen molar-refractivity contribution in [3.63, 3.8) is 0 Å². The molecule has 1 saturated heterocycles. The third kappa shape index (κ3) is 3.96. The maximum absolute atomic E-state index is 12.9. The van der Waals surface area contributed by atoms with Crippen molar-refractivity contribution >= 4 is 23.4 Å². The van der Waals surface area contributed by atoms with Gasteiger partial charge in [-0.3, -0.25) is 14.6 Å². The molecule has 0 bridgehead atoms. The largest absolute Gasteiger partial charge is 0.496 e. The van der Waals surface area contributed by atoms with Gasteiger partial charge in [0, 0.05) is 37.4 Å². The highest BCUT2D eigenvalue weighted by molar-refractivity contribution is 6.31. The van der Waals surface area contributed by atoms with E-state index in [1.165, 1.54) is 7.11 Å². The molecule has 1 aromatic heterocycles. The number of ether oxygens (including phenoxy) is 1. The van der Waals surface area contributed by atoms with Crippen LogP contribution in [0.2, 0.25) is 5.02 Å². The fraction of sp³-hybridized carbons (Fsp3) is 0.316. The Labute approximate surface area is 157 Å². The molecule has 1 fully saturated rings. The minimum atomic E-state index is -0.142. The average Bonchev–Trinajstić information content (AvgIpc) is 2.93. The van der Waals surface area contributed by atoms with Crippen molar-refractivity contribution in [3.8, 4) is 5.75 Å². The van der Waals surface area contributed by atoms with Crippen molar-refractivity contribution in [1.29, 1.82) is 0 Å². The Morgan fingerprint density at radius 1 is 1.04 bits per heavy atom. The molecular formula is C19H20ClN3O3. The third-order valence-corrected chi connectivity index (χ3v) is 4.58. The molecule has 0 atom stereocenters. The third-order valence-electron chi connectivity index (χ3n) is 4.35. The average molecular weight is 374 g/mol. The van der Waals surface area contributed by atoms with Crippen LogP contribution in [0.15, 0.2) is 42.6 Å². The van der Waals surface area contributed by atoms with Crippen molar-refractivity contribution < 1.29 is 14.3 Å². The van der Waals surface area contributed by atoms with Crippen LogP contribution in [0, 0.1) is 0 Å². The van der Waals surface area contributed by atoms with Crippen LogP contribution in [0.25, 0.3) is 0 Å². The first-order valence-electron chi connectivity index (χ1n) is 8.43. The van der Waals surface area contributed by atoms with Crippen LogP contribution in [0.4, 0.5) is 0 Å². The van der Waals surface area contributed by atoms with Gasteiger partial charge in [0.1, 0.15) is 11.4 Å². The maximum atomic E-state index is 12.9. The Morgan fingerprint density at radius 2 is 1.77 bits per heavy atom. The molecule has 1 aliphatic rings. The second kappa shape index (κ2) is 8.19. The number of halogens is 1. The van der Waals surface area contributed by atoms with E-state index in [-0.39, 0.29) is 11.8 Å². The van der Waals surface area contributed by atoms with Gasteiger partial charge >= 0.3 is 0 Å². The first-order chi connectivity index (χ1) is 12.6. The number of rotatable bonds is 3. The molecule has 1 aliphatic heterocycles. The lowest BCUT2D eigenvalue weighted by Crippen LogP contribution is -2.37. The Hall–Kier alpha value is -2.60. The summed E-state index contributed by atoms with van der Waals surface area (Å²) >= 11 is 6.04. The Bertz CT molecular complexity index is 798. The van der Waals surface area contributed by atoms with E-state index in [1.807, 2.05) is 0 Å². The van der Waals surface area contributed by atoms with E-state index < -0.39 is 0 Å². The van der Waals surface area contributed by atoms with E-state index >= 15 is 0 Å². The van der Waals surface area contributed by atoms with Gasteiger partial charge in [-0.05, 0) is 36.8 Å². The summed E-state index contributed by atoms with van der Waals surface area (Å²) in [4.78, 5) is 33.1. The predicted molar refractivity (Wildman–Crippen MR) is 98.7 cm³/mol. The van der Waals surface area contributed by atoms with Gasteiger partial charge in [0.2, 0.25) is 0 Å². The number of methoxy groups -OCH3 is 1. The van der Waals surface area contributed by atoms with Crippen LogP contribution in [0.3, 0.4) is 0 Å². The van der Waals surface area contributed by atoms with Crippen molar-refractivity contribution in [3.05, 3.63) is 58.9 Å². The lowest BCUT2D eigenvalue weighted by molar-refractivity contribution is 0.0714. The van der Waals surface area contributed by atoms with E-state index in [4.69, 9.17) is 16.3 Å². The summed E-state index contributed by atoms with van der Waals surface area (Å²) in [6.45, 7) is 2.07. The molecule has 7 heteroatoms. The highest BCUT2D eigenvalue weighted by atomic mass is 35.5. The molecule has 0 unspecified atom stereocenters. The summed E-state index contributed by atoms with van der Waals surface area (Å²) in [5.74, 6) is 0.238. The molecule has 0 spiro atoms. The number of carbonyl (C=O) groups excluding carboxylic acids is 2. The van der Waals surface area contributed by atoms with Crippen molar-refractivity contribution in [2.75, 3.05) is 33.3 Å². The quantitative estimate of drug-likeness (QED) is 0.829. The Kier molecular flexibility index (Phi) is 5.73. The summed E-state index contributed by atoms with van der Waals surface area (Å²) in [5.41, 5.74) is 0.855. The van der Waals surface area contributed by atoms with Crippen molar-refractivity contribution in [2.45, 2.75) is 6.42 Å². The summed E-state index contributed by atoms with van der Waals surface area (Å²) in [5, 5.41) is 0.482. The van der Waals surface area contributed by atoms with E-state index in [1.54, 1.807) is 52.4 Å². The second-order valence-corrected chi connectivity index (χ2v) is 6.43. The molecule has 26 heavy (non-hydrogen) atoms. The van der Waals surface area contributed by atoms with E-state index in [0.717, 1.165) is 0 Å². The Balaban J connectivity index is 1.72. The van der Waals surface area contributed by atoms with Gasteiger partial charge in [-0.1, -0.05) is 17.7 Å². The van der Waals surface area contributed by atoms with Gasteiger partial charge in [-0.2, -0.15) is 0 Å². The standard InChI is InChI=1S/C19H20ClN3O3/c1-26-17-7-6-14(20)13-15(17)18(24)22-9-4-10-23(12-11-22)19(25)16-5-2-3-8-21-16/h2-3,5-8,13H,4,9-12H2,1H3. The summed E-state index contributed by atoms with van der Waals surface area (Å²) in [6, 6.07) is 10.3. The van der Waals surface area contributed by atoms with Crippen LogP contribution in [0.5, 0.6) is 5.75 Å². The summed E-state index contributed by atoms with van der Waals surface area (Å²) < 4.78 is 5.28. The zero-order valence-electron chi connectivity index (χ0n) is 14.5. The van der Waals surface area contributed by atoms with E-state index in [2.05, 4.69) is 4.98 Å². The molecular weight excluding hydrogens is 354 g/mol. The number of nitrogens with zero attached hydrogens (tertiary/aromatic N) is 3. The fourth-order valence-electron chi connectivity index (χ4n) is 2.99. The van der Waals surface area contributed by atoms with Gasteiger partial charge in [-0.15, -0.1) is 0 Å². The maximum Gasteiger partial charge on any atom is 0.272 e. The van der Waals surface area contributed by atoms with Gasteiger partial charge in [0.15, 0.2) is 0 Å². The SMILES string of the molecule is COc1ccc(Cl)cc1C(=O)N1CCCN(C(=O)c2ccccn2)CC1. The number of hydrogen-bond donors (Lipinski definition) is 0. The predicted octanol–water partition coefficient (Wildman–Crippen LogP) is 2.73. The number of pyridine rings is 1. The molecule has 2 heterocycles. The smallest absolute Gasteiger partial charge is 0.272 e. The van der Waals surface area contributed by atoms with Gasteiger partial charge in [0.25, 0.3) is 11.8 Å². The molecule has 2 amide bonds. The van der Waals surface area contributed by atoms with Crippen LogP contribution >= 0.6 is 11.6 Å². The monoisotopic (exact) mass is 373 g/mol. The molecule has 3 rings (SSSR count). The van der Waals surface area contributed by atoms with E-state index in [0.29, 0.717) is 54.6 Å². The minimum Gasteiger partial charge on any atom is -0.496 e. The first kappa shape index (κ1) is 18.2. The number of hydrogen-bond acceptors (Lipinski definition) is 4. The molecule has 0 aliphatic carbocycles. The summed E-state index contributed by atoms with van der Waals surface area (Å²) in [7, 11) is 1.52. The first-order valence-corrected chi connectivity index (χ1v) is 8.81. The number of amides is 2. The van der Waals surface area contributed by atoms with Crippen molar-refractivity contribution in [1.82, 2.24) is 14.8 Å². The molecule has 2 aromatic rings.